The lowest BCUT2D eigenvalue weighted by Gasteiger charge is -2.61. The van der Waals surface area contributed by atoms with Gasteiger partial charge in [-0.25, -0.2) is 0 Å². The predicted molar refractivity (Wildman–Crippen MR) is 122 cm³/mol. The number of esters is 1. The smallest absolute Gasteiger partial charge is 0.328 e. The normalized spacial score (nSPS) is 43.8. The van der Waals surface area contributed by atoms with Crippen molar-refractivity contribution in [3.8, 4) is 0 Å². The molecule has 0 radical (unpaired) electrons. The number of aliphatic hydroxyl groups excluding tert-OH is 1. The molecular weight excluding hydrogens is 404 g/mol. The summed E-state index contributed by atoms with van der Waals surface area (Å²) in [5, 5.41) is 15.9. The highest BCUT2D eigenvalue weighted by Crippen LogP contribution is 2.67. The molecule has 4 rings (SSSR count). The lowest BCUT2D eigenvalue weighted by atomic mass is 9.44. The highest BCUT2D eigenvalue weighted by atomic mass is 16.5. The standard InChI is InChI=1S/C26H38N2O4/c1-7-24(5)14-20(32-21(30)15-28-13-10-17(3)27-28)25(6)16(2)8-11-26(18(4)23(24)31)12-9-19(29)22(25)26/h7,10,13,16,18,20,22-23,31H,1,8-9,11-12,14-15H2,2-6H3/t16?,18-,20+,22?,23-,24+,25-,26-/m0/s1. The molecule has 0 saturated heterocycles. The molecule has 176 valence electrons. The molecule has 0 aliphatic heterocycles. The quantitative estimate of drug-likeness (QED) is 0.561. The summed E-state index contributed by atoms with van der Waals surface area (Å²) < 4.78 is 7.81. The van der Waals surface area contributed by atoms with Crippen molar-refractivity contribution in [2.24, 2.45) is 34.0 Å². The van der Waals surface area contributed by atoms with Gasteiger partial charge in [0.1, 0.15) is 18.4 Å². The Kier molecular flexibility index (Phi) is 5.68. The van der Waals surface area contributed by atoms with Crippen LogP contribution in [0.1, 0.15) is 65.5 Å². The number of carbonyl (C=O) groups excluding carboxylic acids is 2. The van der Waals surface area contributed by atoms with Gasteiger partial charge >= 0.3 is 5.97 Å². The van der Waals surface area contributed by atoms with E-state index in [2.05, 4.69) is 32.4 Å². The minimum absolute atomic E-state index is 0.0301. The van der Waals surface area contributed by atoms with E-state index in [0.29, 0.717) is 12.8 Å². The van der Waals surface area contributed by atoms with Gasteiger partial charge in [-0.05, 0) is 55.9 Å². The number of hydrogen-bond acceptors (Lipinski definition) is 5. The molecule has 3 aliphatic rings. The average molecular weight is 443 g/mol. The molecule has 32 heavy (non-hydrogen) atoms. The summed E-state index contributed by atoms with van der Waals surface area (Å²) in [6.07, 6.45) is 6.15. The summed E-state index contributed by atoms with van der Waals surface area (Å²) in [5.41, 5.74) is -0.518. The molecule has 0 amide bonds. The van der Waals surface area contributed by atoms with E-state index < -0.39 is 23.0 Å². The molecule has 6 nitrogen and oxygen atoms in total. The summed E-state index contributed by atoms with van der Waals surface area (Å²) in [5.74, 6) is -0.101. The Morgan fingerprint density at radius 1 is 1.38 bits per heavy atom. The van der Waals surface area contributed by atoms with Crippen LogP contribution in [0, 0.1) is 40.9 Å². The molecule has 3 fully saturated rings. The average Bonchev–Trinajstić information content (AvgIpc) is 3.32. The van der Waals surface area contributed by atoms with Crippen LogP contribution in [0.25, 0.3) is 0 Å². The van der Waals surface area contributed by atoms with Crippen LogP contribution in [-0.4, -0.2) is 38.8 Å². The van der Waals surface area contributed by atoms with E-state index in [1.807, 2.05) is 26.0 Å². The van der Waals surface area contributed by atoms with Gasteiger partial charge in [-0.1, -0.05) is 33.8 Å². The van der Waals surface area contributed by atoms with Gasteiger partial charge in [-0.2, -0.15) is 5.10 Å². The molecule has 0 aromatic carbocycles. The first kappa shape index (κ1) is 23.2. The number of aliphatic hydroxyl groups is 1. The molecular formula is C26H38N2O4. The monoisotopic (exact) mass is 442 g/mol. The van der Waals surface area contributed by atoms with Gasteiger partial charge in [0.15, 0.2) is 0 Å². The van der Waals surface area contributed by atoms with Crippen LogP contribution in [0.3, 0.4) is 0 Å². The lowest BCUT2D eigenvalue weighted by Crippen LogP contribution is -2.63. The Morgan fingerprint density at radius 2 is 2.09 bits per heavy atom. The first-order chi connectivity index (χ1) is 15.0. The van der Waals surface area contributed by atoms with Gasteiger partial charge < -0.3 is 9.84 Å². The molecule has 2 unspecified atom stereocenters. The van der Waals surface area contributed by atoms with Crippen molar-refractivity contribution in [1.82, 2.24) is 9.78 Å². The molecule has 8 atom stereocenters. The predicted octanol–water partition coefficient (Wildman–Crippen LogP) is 4.10. The largest absolute Gasteiger partial charge is 0.460 e. The van der Waals surface area contributed by atoms with Gasteiger partial charge in [-0.3, -0.25) is 14.3 Å². The van der Waals surface area contributed by atoms with Crippen LogP contribution < -0.4 is 0 Å². The summed E-state index contributed by atoms with van der Waals surface area (Å²) in [7, 11) is 0. The number of ketones is 1. The number of rotatable bonds is 4. The molecule has 1 aromatic rings. The van der Waals surface area contributed by atoms with Crippen LogP contribution >= 0.6 is 0 Å². The number of aromatic nitrogens is 2. The van der Waals surface area contributed by atoms with Crippen LogP contribution in [0.2, 0.25) is 0 Å². The van der Waals surface area contributed by atoms with E-state index in [9.17, 15) is 14.7 Å². The van der Waals surface area contributed by atoms with Crippen LogP contribution in [-0.2, 0) is 20.9 Å². The molecule has 3 aliphatic carbocycles. The molecule has 1 heterocycles. The maximum atomic E-state index is 13.4. The fraction of sp³-hybridized carbons (Fsp3) is 0.731. The van der Waals surface area contributed by atoms with Crippen LogP contribution in [0.5, 0.6) is 0 Å². The van der Waals surface area contributed by atoms with Crippen molar-refractivity contribution in [3.63, 3.8) is 0 Å². The van der Waals surface area contributed by atoms with Gasteiger partial charge in [0.05, 0.1) is 11.8 Å². The van der Waals surface area contributed by atoms with Gasteiger partial charge in [0.25, 0.3) is 0 Å². The fourth-order valence-corrected chi connectivity index (χ4v) is 7.38. The Labute approximate surface area is 191 Å². The summed E-state index contributed by atoms with van der Waals surface area (Å²) in [6.45, 7) is 14.4. The number of hydrogen-bond donors (Lipinski definition) is 1. The molecule has 1 N–H and O–H groups in total. The zero-order chi connectivity index (χ0) is 23.5. The Bertz CT molecular complexity index is 925. The number of nitrogens with zero attached hydrogens (tertiary/aromatic N) is 2. The first-order valence-corrected chi connectivity index (χ1v) is 12.0. The highest BCUT2D eigenvalue weighted by Gasteiger charge is 2.68. The summed E-state index contributed by atoms with van der Waals surface area (Å²) >= 11 is 0. The van der Waals surface area contributed by atoms with E-state index in [4.69, 9.17) is 4.74 Å². The maximum Gasteiger partial charge on any atom is 0.328 e. The van der Waals surface area contributed by atoms with Crippen molar-refractivity contribution < 1.29 is 19.4 Å². The number of Topliss-reactive ketones (excluding diaryl/α,β-unsaturated/α-hetero) is 1. The Balaban J connectivity index is 1.77. The third-order valence-corrected chi connectivity index (χ3v) is 9.64. The van der Waals surface area contributed by atoms with E-state index in [-0.39, 0.29) is 41.5 Å². The lowest BCUT2D eigenvalue weighted by molar-refractivity contribution is -0.207. The van der Waals surface area contributed by atoms with Crippen molar-refractivity contribution in [2.45, 2.75) is 85.5 Å². The zero-order valence-corrected chi connectivity index (χ0v) is 20.1. The minimum Gasteiger partial charge on any atom is -0.460 e. The SMILES string of the molecule is C=C[C@]1(C)C[C@@H](OC(=O)Cn2ccc(C)n2)[C@]2(C)C(C)CC[C@]3(CCC(=O)C32)[C@@H](C)[C@@H]1O. The highest BCUT2D eigenvalue weighted by molar-refractivity contribution is 5.85. The second-order valence-electron chi connectivity index (χ2n) is 11.2. The van der Waals surface area contributed by atoms with Crippen molar-refractivity contribution in [3.05, 3.63) is 30.6 Å². The van der Waals surface area contributed by atoms with Gasteiger partial charge in [-0.15, -0.1) is 6.58 Å². The topological polar surface area (TPSA) is 81.4 Å². The van der Waals surface area contributed by atoms with Gasteiger partial charge in [0, 0.05) is 29.4 Å². The van der Waals surface area contributed by atoms with E-state index in [1.165, 1.54) is 0 Å². The number of aryl methyl sites for hydroxylation is 1. The molecule has 1 aromatic heterocycles. The Hall–Kier alpha value is -1.95. The second-order valence-corrected chi connectivity index (χ2v) is 11.2. The number of carbonyl (C=O) groups is 2. The van der Waals surface area contributed by atoms with E-state index in [0.717, 1.165) is 25.0 Å². The maximum absolute atomic E-state index is 13.4. The van der Waals surface area contributed by atoms with Crippen molar-refractivity contribution in [1.29, 1.82) is 0 Å². The summed E-state index contributed by atoms with van der Waals surface area (Å²) in [4.78, 5) is 26.4. The van der Waals surface area contributed by atoms with Gasteiger partial charge in [0.2, 0.25) is 0 Å². The Morgan fingerprint density at radius 3 is 2.72 bits per heavy atom. The molecule has 0 spiro atoms. The van der Waals surface area contributed by atoms with E-state index in [1.54, 1.807) is 10.9 Å². The molecule has 6 heteroatoms. The third kappa shape index (κ3) is 3.28. The second kappa shape index (κ2) is 7.82. The molecule has 3 saturated carbocycles. The number of ether oxygens (including phenoxy) is 1. The minimum atomic E-state index is -0.652. The summed E-state index contributed by atoms with van der Waals surface area (Å²) in [6, 6.07) is 1.85. The fourth-order valence-electron chi connectivity index (χ4n) is 7.38. The van der Waals surface area contributed by atoms with E-state index >= 15 is 0 Å². The zero-order valence-electron chi connectivity index (χ0n) is 20.1. The first-order valence-electron chi connectivity index (χ1n) is 12.0. The third-order valence-electron chi connectivity index (χ3n) is 9.64. The van der Waals surface area contributed by atoms with Crippen molar-refractivity contribution >= 4 is 11.8 Å². The van der Waals surface area contributed by atoms with Crippen LogP contribution in [0.15, 0.2) is 24.9 Å². The molecule has 2 bridgehead atoms. The van der Waals surface area contributed by atoms with Crippen molar-refractivity contribution in [2.75, 3.05) is 0 Å². The van der Waals surface area contributed by atoms with Crippen LogP contribution in [0.4, 0.5) is 0 Å².